The van der Waals surface area contributed by atoms with Crippen molar-refractivity contribution in [2.45, 2.75) is 70.9 Å². The fraction of sp³-hybridized carbons (Fsp3) is 0.824. The van der Waals surface area contributed by atoms with Crippen LogP contribution < -0.4 is 5.32 Å². The van der Waals surface area contributed by atoms with Crippen LogP contribution in [-0.4, -0.2) is 51.2 Å². The molecule has 0 bridgehead atoms. The molecule has 1 aromatic heterocycles. The maximum Gasteiger partial charge on any atom is 0.237 e. The van der Waals surface area contributed by atoms with Gasteiger partial charge in [-0.05, 0) is 38.8 Å². The van der Waals surface area contributed by atoms with E-state index in [4.69, 9.17) is 0 Å². The van der Waals surface area contributed by atoms with Crippen molar-refractivity contribution in [1.82, 2.24) is 25.0 Å². The number of likely N-dealkylation sites (N-methyl/N-ethyl adjacent to an activating group) is 1. The second-order valence-corrected chi connectivity index (χ2v) is 6.68. The van der Waals surface area contributed by atoms with Crippen LogP contribution in [0.1, 0.15) is 57.1 Å². The second kappa shape index (κ2) is 7.90. The van der Waals surface area contributed by atoms with Crippen molar-refractivity contribution in [3.63, 3.8) is 0 Å². The van der Waals surface area contributed by atoms with Crippen molar-refractivity contribution in [2.75, 3.05) is 19.6 Å². The van der Waals surface area contributed by atoms with E-state index in [2.05, 4.69) is 31.9 Å². The Hall–Kier alpha value is -1.43. The van der Waals surface area contributed by atoms with Gasteiger partial charge in [-0.25, -0.2) is 0 Å². The quantitative estimate of drug-likeness (QED) is 0.894. The number of carbonyl (C=O) groups excluding carboxylic acids is 1. The first-order valence-electron chi connectivity index (χ1n) is 9.22. The van der Waals surface area contributed by atoms with Crippen molar-refractivity contribution in [3.8, 4) is 0 Å². The molecule has 2 aliphatic heterocycles. The van der Waals surface area contributed by atoms with Crippen molar-refractivity contribution < 1.29 is 4.79 Å². The van der Waals surface area contributed by atoms with Crippen LogP contribution in [-0.2, 0) is 24.2 Å². The van der Waals surface area contributed by atoms with Crippen LogP contribution >= 0.6 is 0 Å². The summed E-state index contributed by atoms with van der Waals surface area (Å²) in [5.41, 5.74) is 0. The molecule has 23 heavy (non-hydrogen) atoms. The summed E-state index contributed by atoms with van der Waals surface area (Å²) in [5, 5.41) is 11.8. The van der Waals surface area contributed by atoms with Gasteiger partial charge in [0.05, 0.1) is 6.04 Å². The molecule has 0 radical (unpaired) electrons. The lowest BCUT2D eigenvalue weighted by Gasteiger charge is -2.33. The predicted molar refractivity (Wildman–Crippen MR) is 89.2 cm³/mol. The minimum Gasteiger partial charge on any atom is -0.354 e. The van der Waals surface area contributed by atoms with Crippen molar-refractivity contribution in [1.29, 1.82) is 0 Å². The molecule has 1 aromatic rings. The van der Waals surface area contributed by atoms with Gasteiger partial charge in [0.25, 0.3) is 0 Å². The fourth-order valence-corrected chi connectivity index (χ4v) is 3.81. The number of aryl methyl sites for hydroxylation is 1. The van der Waals surface area contributed by atoms with Crippen LogP contribution in [0, 0.1) is 0 Å². The van der Waals surface area contributed by atoms with Crippen molar-refractivity contribution in [2.24, 2.45) is 0 Å². The highest BCUT2D eigenvalue weighted by Gasteiger charge is 2.27. The van der Waals surface area contributed by atoms with Gasteiger partial charge < -0.3 is 9.88 Å². The number of rotatable bonds is 5. The first kappa shape index (κ1) is 16.4. The van der Waals surface area contributed by atoms with Gasteiger partial charge in [-0.15, -0.1) is 10.2 Å². The number of likely N-dealkylation sites (tertiary alicyclic amines) is 1. The third-order valence-electron chi connectivity index (χ3n) is 5.16. The number of fused-ring (bicyclic) bond motifs is 1. The molecule has 1 atom stereocenters. The molecule has 3 heterocycles. The zero-order valence-corrected chi connectivity index (χ0v) is 14.3. The molecule has 6 heteroatoms. The average Bonchev–Trinajstić information content (AvgIpc) is 2.81. The van der Waals surface area contributed by atoms with E-state index in [1.807, 2.05) is 0 Å². The Morgan fingerprint density at radius 2 is 2.04 bits per heavy atom. The van der Waals surface area contributed by atoms with E-state index in [0.29, 0.717) is 6.54 Å². The van der Waals surface area contributed by atoms with Crippen LogP contribution in [0.15, 0.2) is 0 Å². The molecule has 3 rings (SSSR count). The largest absolute Gasteiger partial charge is 0.354 e. The van der Waals surface area contributed by atoms with Gasteiger partial charge in [-0.2, -0.15) is 0 Å². The van der Waals surface area contributed by atoms with Gasteiger partial charge in [0.1, 0.15) is 11.6 Å². The summed E-state index contributed by atoms with van der Waals surface area (Å²) in [6.07, 6.45) is 8.86. The summed E-state index contributed by atoms with van der Waals surface area (Å²) >= 11 is 0. The molecule has 0 aromatic carbocycles. The number of aromatic nitrogens is 3. The summed E-state index contributed by atoms with van der Waals surface area (Å²) in [7, 11) is 0. The lowest BCUT2D eigenvalue weighted by atomic mass is 10.0. The predicted octanol–water partition coefficient (Wildman–Crippen LogP) is 1.54. The monoisotopic (exact) mass is 319 g/mol. The van der Waals surface area contributed by atoms with E-state index < -0.39 is 0 Å². The van der Waals surface area contributed by atoms with Gasteiger partial charge in [0.15, 0.2) is 0 Å². The number of nitrogens with zero attached hydrogens (tertiary/aromatic N) is 4. The fourth-order valence-electron chi connectivity index (χ4n) is 3.81. The van der Waals surface area contributed by atoms with Gasteiger partial charge in [-0.3, -0.25) is 9.69 Å². The molecule has 0 spiro atoms. The van der Waals surface area contributed by atoms with E-state index in [1.165, 1.54) is 25.7 Å². The van der Waals surface area contributed by atoms with Gasteiger partial charge in [0, 0.05) is 25.9 Å². The molecule has 1 fully saturated rings. The van der Waals surface area contributed by atoms with Gasteiger partial charge in [0.2, 0.25) is 5.91 Å². The minimum atomic E-state index is 0.0595. The summed E-state index contributed by atoms with van der Waals surface area (Å²) in [6, 6.07) is 0.0595. The molecule has 0 aliphatic carbocycles. The highest BCUT2D eigenvalue weighted by Crippen LogP contribution is 2.17. The molecule has 1 N–H and O–H groups in total. The summed E-state index contributed by atoms with van der Waals surface area (Å²) in [4.78, 5) is 14.7. The summed E-state index contributed by atoms with van der Waals surface area (Å²) < 4.78 is 2.26. The number of nitrogens with one attached hydrogen (secondary N) is 1. The number of hydrogen-bond donors (Lipinski definition) is 1. The van der Waals surface area contributed by atoms with E-state index in [-0.39, 0.29) is 11.9 Å². The molecule has 0 saturated carbocycles. The second-order valence-electron chi connectivity index (χ2n) is 6.68. The maximum absolute atomic E-state index is 12.4. The van der Waals surface area contributed by atoms with Crippen LogP contribution in [0.2, 0.25) is 0 Å². The molecule has 1 unspecified atom stereocenters. The molecule has 1 saturated heterocycles. The lowest BCUT2D eigenvalue weighted by Crippen LogP contribution is -2.49. The Kier molecular flexibility index (Phi) is 5.65. The standard InChI is InChI=1S/C17H29N5O/c1-2-21-12-7-5-8-14(21)17(23)18-11-10-16-20-19-15-9-4-3-6-13-22(15)16/h14H,2-13H2,1H3,(H,18,23). The van der Waals surface area contributed by atoms with Crippen LogP contribution in [0.3, 0.4) is 0 Å². The summed E-state index contributed by atoms with van der Waals surface area (Å²) in [6.45, 7) is 5.82. The van der Waals surface area contributed by atoms with E-state index in [9.17, 15) is 4.79 Å². The van der Waals surface area contributed by atoms with Gasteiger partial charge in [-0.1, -0.05) is 19.8 Å². The van der Waals surface area contributed by atoms with E-state index in [1.54, 1.807) is 0 Å². The van der Waals surface area contributed by atoms with Crippen LogP contribution in [0.25, 0.3) is 0 Å². The van der Waals surface area contributed by atoms with Gasteiger partial charge >= 0.3 is 0 Å². The smallest absolute Gasteiger partial charge is 0.237 e. The Bertz CT molecular complexity index is 527. The Labute approximate surface area is 138 Å². The first-order valence-corrected chi connectivity index (χ1v) is 9.22. The Morgan fingerprint density at radius 1 is 1.17 bits per heavy atom. The third-order valence-corrected chi connectivity index (χ3v) is 5.16. The third kappa shape index (κ3) is 3.91. The molecule has 1 amide bonds. The molecule has 128 valence electrons. The first-order chi connectivity index (χ1) is 11.3. The zero-order chi connectivity index (χ0) is 16.1. The number of hydrogen-bond acceptors (Lipinski definition) is 4. The summed E-state index contributed by atoms with van der Waals surface area (Å²) in [5.74, 6) is 2.33. The highest BCUT2D eigenvalue weighted by atomic mass is 16.2. The molecule has 6 nitrogen and oxygen atoms in total. The molecular weight excluding hydrogens is 290 g/mol. The normalized spacial score (nSPS) is 22.4. The van der Waals surface area contributed by atoms with Crippen LogP contribution in [0.4, 0.5) is 0 Å². The average molecular weight is 319 g/mol. The Balaban J connectivity index is 1.51. The number of carbonyl (C=O) groups is 1. The van der Waals surface area contributed by atoms with Crippen molar-refractivity contribution >= 4 is 5.91 Å². The maximum atomic E-state index is 12.4. The van der Waals surface area contributed by atoms with Crippen molar-refractivity contribution in [3.05, 3.63) is 11.6 Å². The molecule has 2 aliphatic rings. The SMILES string of the molecule is CCN1CCCCC1C(=O)NCCc1nnc2n1CCCCC2. The zero-order valence-electron chi connectivity index (χ0n) is 14.3. The lowest BCUT2D eigenvalue weighted by molar-refractivity contribution is -0.127. The topological polar surface area (TPSA) is 63.1 Å². The molecular formula is C17H29N5O. The Morgan fingerprint density at radius 3 is 2.91 bits per heavy atom. The van der Waals surface area contributed by atoms with Crippen LogP contribution in [0.5, 0.6) is 0 Å². The van der Waals surface area contributed by atoms with E-state index >= 15 is 0 Å². The number of amides is 1. The van der Waals surface area contributed by atoms with E-state index in [0.717, 1.165) is 57.0 Å². The number of piperidine rings is 1. The minimum absolute atomic E-state index is 0.0595. The highest BCUT2D eigenvalue weighted by molar-refractivity contribution is 5.81.